The monoisotopic (exact) mass is 270 g/mol. The summed E-state index contributed by atoms with van der Waals surface area (Å²) in [5.41, 5.74) is 2.31. The van der Waals surface area contributed by atoms with Gasteiger partial charge in [0.1, 0.15) is 11.3 Å². The lowest BCUT2D eigenvalue weighted by Crippen LogP contribution is -2.12. The van der Waals surface area contributed by atoms with Crippen molar-refractivity contribution in [3.63, 3.8) is 0 Å². The highest BCUT2D eigenvalue weighted by molar-refractivity contribution is 5.94. The molecule has 3 heteroatoms. The van der Waals surface area contributed by atoms with E-state index in [0.29, 0.717) is 5.56 Å². The van der Waals surface area contributed by atoms with Crippen LogP contribution in [-0.4, -0.2) is 16.2 Å². The number of aromatic hydroxyl groups is 1. The van der Waals surface area contributed by atoms with E-state index in [0.717, 1.165) is 11.1 Å². The average Bonchev–Trinajstić information content (AvgIpc) is 2.37. The zero-order valence-electron chi connectivity index (χ0n) is 11.8. The lowest BCUT2D eigenvalue weighted by atomic mass is 9.81. The predicted octanol–water partition coefficient (Wildman–Crippen LogP) is 4.05. The number of phenols is 1. The number of para-hydroxylation sites is 1. The molecule has 0 heterocycles. The molecular weight excluding hydrogens is 252 g/mol. The van der Waals surface area contributed by atoms with E-state index in [1.165, 1.54) is 6.07 Å². The highest BCUT2D eigenvalue weighted by Gasteiger charge is 2.21. The number of carboxylic acids is 1. The van der Waals surface area contributed by atoms with Crippen LogP contribution >= 0.6 is 0 Å². The molecule has 3 nitrogen and oxygen atoms in total. The Morgan fingerprint density at radius 1 is 0.950 bits per heavy atom. The van der Waals surface area contributed by atoms with Gasteiger partial charge in [0, 0.05) is 5.56 Å². The van der Waals surface area contributed by atoms with Crippen molar-refractivity contribution in [2.45, 2.75) is 26.2 Å². The van der Waals surface area contributed by atoms with E-state index in [1.807, 2.05) is 24.3 Å². The molecule has 0 atom stereocenters. The van der Waals surface area contributed by atoms with E-state index < -0.39 is 5.97 Å². The number of benzene rings is 2. The third kappa shape index (κ3) is 2.52. The first-order chi connectivity index (χ1) is 9.32. The summed E-state index contributed by atoms with van der Waals surface area (Å²) in [6.07, 6.45) is 0. The van der Waals surface area contributed by atoms with E-state index in [-0.39, 0.29) is 16.7 Å². The van der Waals surface area contributed by atoms with Crippen LogP contribution in [0.15, 0.2) is 42.5 Å². The third-order valence-corrected chi connectivity index (χ3v) is 3.29. The molecule has 20 heavy (non-hydrogen) atoms. The molecule has 0 saturated carbocycles. The first-order valence-electron chi connectivity index (χ1n) is 6.47. The molecule has 2 aromatic carbocycles. The zero-order chi connectivity index (χ0) is 14.9. The fraction of sp³-hybridized carbons (Fsp3) is 0.235. The van der Waals surface area contributed by atoms with E-state index in [9.17, 15) is 9.90 Å². The average molecular weight is 270 g/mol. The van der Waals surface area contributed by atoms with Crippen molar-refractivity contribution in [1.29, 1.82) is 0 Å². The van der Waals surface area contributed by atoms with Gasteiger partial charge >= 0.3 is 5.97 Å². The molecule has 0 bridgehead atoms. The molecule has 0 aliphatic carbocycles. The summed E-state index contributed by atoms with van der Waals surface area (Å²) in [6.45, 7) is 6.26. The molecule has 0 radical (unpaired) electrons. The Labute approximate surface area is 118 Å². The zero-order valence-corrected chi connectivity index (χ0v) is 11.8. The predicted molar refractivity (Wildman–Crippen MR) is 79.2 cm³/mol. The van der Waals surface area contributed by atoms with Gasteiger partial charge in [-0.15, -0.1) is 0 Å². The van der Waals surface area contributed by atoms with Gasteiger partial charge in [-0.1, -0.05) is 57.2 Å². The van der Waals surface area contributed by atoms with Crippen LogP contribution in [0.3, 0.4) is 0 Å². The summed E-state index contributed by atoms with van der Waals surface area (Å²) < 4.78 is 0. The lowest BCUT2D eigenvalue weighted by molar-refractivity contribution is 0.0694. The van der Waals surface area contributed by atoms with Gasteiger partial charge in [0.15, 0.2) is 0 Å². The van der Waals surface area contributed by atoms with E-state index >= 15 is 0 Å². The summed E-state index contributed by atoms with van der Waals surface area (Å²) in [7, 11) is 0. The number of rotatable bonds is 2. The molecule has 0 amide bonds. The molecule has 2 rings (SSSR count). The Bertz CT molecular complexity index is 652. The quantitative estimate of drug-likeness (QED) is 0.865. The largest absolute Gasteiger partial charge is 0.506 e. The maximum Gasteiger partial charge on any atom is 0.339 e. The SMILES string of the molecule is CC(C)(C)c1ccccc1-c1cccc(C(=O)O)c1O. The number of hydrogen-bond acceptors (Lipinski definition) is 2. The lowest BCUT2D eigenvalue weighted by Gasteiger charge is -2.23. The second kappa shape index (κ2) is 5.00. The molecule has 0 unspecified atom stereocenters. The number of aromatic carboxylic acids is 1. The van der Waals surface area contributed by atoms with Gasteiger partial charge in [0.05, 0.1) is 0 Å². The smallest absolute Gasteiger partial charge is 0.339 e. The van der Waals surface area contributed by atoms with Gasteiger partial charge in [-0.3, -0.25) is 0 Å². The molecule has 0 spiro atoms. The van der Waals surface area contributed by atoms with Crippen molar-refractivity contribution < 1.29 is 15.0 Å². The Morgan fingerprint density at radius 3 is 2.15 bits per heavy atom. The summed E-state index contributed by atoms with van der Waals surface area (Å²) in [5.74, 6) is -1.31. The molecule has 0 fully saturated rings. The van der Waals surface area contributed by atoms with Crippen LogP contribution in [0.5, 0.6) is 5.75 Å². The van der Waals surface area contributed by atoms with Crippen LogP contribution in [0.1, 0.15) is 36.7 Å². The molecule has 0 aliphatic heterocycles. The van der Waals surface area contributed by atoms with Gasteiger partial charge in [0.2, 0.25) is 0 Å². The van der Waals surface area contributed by atoms with Crippen molar-refractivity contribution in [2.75, 3.05) is 0 Å². The van der Waals surface area contributed by atoms with Crippen LogP contribution in [0, 0.1) is 0 Å². The summed E-state index contributed by atoms with van der Waals surface area (Å²) in [4.78, 5) is 11.1. The molecular formula is C17H18O3. The van der Waals surface area contributed by atoms with E-state index in [4.69, 9.17) is 5.11 Å². The Morgan fingerprint density at radius 2 is 1.55 bits per heavy atom. The maximum atomic E-state index is 11.1. The van der Waals surface area contributed by atoms with Crippen LogP contribution in [0.25, 0.3) is 11.1 Å². The summed E-state index contributed by atoms with van der Waals surface area (Å²) in [6, 6.07) is 12.5. The van der Waals surface area contributed by atoms with Crippen molar-refractivity contribution in [1.82, 2.24) is 0 Å². The van der Waals surface area contributed by atoms with Crippen molar-refractivity contribution >= 4 is 5.97 Å². The third-order valence-electron chi connectivity index (χ3n) is 3.29. The maximum absolute atomic E-state index is 11.1. The topological polar surface area (TPSA) is 57.5 Å². The normalized spacial score (nSPS) is 11.3. The van der Waals surface area contributed by atoms with Gasteiger partial charge in [-0.05, 0) is 22.6 Å². The van der Waals surface area contributed by atoms with Gasteiger partial charge in [0.25, 0.3) is 0 Å². The standard InChI is InChI=1S/C17H18O3/c1-17(2,3)14-10-5-4-7-11(14)12-8-6-9-13(15(12)18)16(19)20/h4-10,18H,1-3H3,(H,19,20). The minimum Gasteiger partial charge on any atom is -0.506 e. The highest BCUT2D eigenvalue weighted by Crippen LogP contribution is 2.38. The first kappa shape index (κ1) is 14.1. The Balaban J connectivity index is 2.70. The van der Waals surface area contributed by atoms with Crippen molar-refractivity contribution in [2.24, 2.45) is 0 Å². The molecule has 2 N–H and O–H groups in total. The van der Waals surface area contributed by atoms with Crippen LogP contribution in [-0.2, 0) is 5.41 Å². The Kier molecular flexibility index (Phi) is 3.53. The second-order valence-corrected chi connectivity index (χ2v) is 5.80. The number of carboxylic acid groups (broad SMARTS) is 1. The van der Waals surface area contributed by atoms with Crippen molar-refractivity contribution in [3.8, 4) is 16.9 Å². The van der Waals surface area contributed by atoms with Crippen LogP contribution in [0.4, 0.5) is 0 Å². The summed E-state index contributed by atoms with van der Waals surface area (Å²) in [5, 5.41) is 19.3. The highest BCUT2D eigenvalue weighted by atomic mass is 16.4. The van der Waals surface area contributed by atoms with Gasteiger partial charge in [-0.25, -0.2) is 4.79 Å². The Hall–Kier alpha value is -2.29. The molecule has 0 aromatic heterocycles. The van der Waals surface area contributed by atoms with Crippen LogP contribution in [0.2, 0.25) is 0 Å². The molecule has 0 aliphatic rings. The van der Waals surface area contributed by atoms with Crippen molar-refractivity contribution in [3.05, 3.63) is 53.6 Å². The fourth-order valence-corrected chi connectivity index (χ4v) is 2.31. The molecule has 2 aromatic rings. The molecule has 104 valence electrons. The fourth-order valence-electron chi connectivity index (χ4n) is 2.31. The van der Waals surface area contributed by atoms with Crippen LogP contribution < -0.4 is 0 Å². The van der Waals surface area contributed by atoms with Gasteiger partial charge in [-0.2, -0.15) is 0 Å². The minimum absolute atomic E-state index is 0.0776. The number of carbonyl (C=O) groups is 1. The van der Waals surface area contributed by atoms with E-state index in [2.05, 4.69) is 20.8 Å². The summed E-state index contributed by atoms with van der Waals surface area (Å²) >= 11 is 0. The minimum atomic E-state index is -1.13. The van der Waals surface area contributed by atoms with Gasteiger partial charge < -0.3 is 10.2 Å². The molecule has 0 saturated heterocycles. The second-order valence-electron chi connectivity index (χ2n) is 5.80. The van der Waals surface area contributed by atoms with E-state index in [1.54, 1.807) is 12.1 Å². The number of hydrogen-bond donors (Lipinski definition) is 2. The first-order valence-corrected chi connectivity index (χ1v) is 6.47.